The highest BCUT2D eigenvalue weighted by Crippen LogP contribution is 2.20. The first-order valence-corrected chi connectivity index (χ1v) is 6.29. The number of aryl methyl sites for hydroxylation is 1. The Morgan fingerprint density at radius 3 is 2.33 bits per heavy atom. The number of ketones is 1. The number of nitrogens with zero attached hydrogens (tertiary/aromatic N) is 2. The van der Waals surface area contributed by atoms with Gasteiger partial charge in [0.15, 0.2) is 9.84 Å². The average molecular weight is 230 g/mol. The number of aromatic nitrogens is 2. The van der Waals surface area contributed by atoms with Crippen LogP contribution in [0.25, 0.3) is 0 Å². The van der Waals surface area contributed by atoms with E-state index in [2.05, 4.69) is 5.10 Å². The maximum absolute atomic E-state index is 12.0. The molecule has 1 rings (SSSR count). The fourth-order valence-corrected chi connectivity index (χ4v) is 1.51. The SMILES string of the molecule is Cn1nccc1C(=O)C(C)(C)S(C)(=O)=O. The molecule has 0 saturated heterocycles. The Bertz CT molecular complexity index is 485. The molecule has 0 spiro atoms. The van der Waals surface area contributed by atoms with Gasteiger partial charge in [-0.25, -0.2) is 8.42 Å². The minimum Gasteiger partial charge on any atom is -0.291 e. The van der Waals surface area contributed by atoms with Crippen molar-refractivity contribution in [3.63, 3.8) is 0 Å². The lowest BCUT2D eigenvalue weighted by atomic mass is 10.1. The molecule has 0 aromatic carbocycles. The van der Waals surface area contributed by atoms with Crippen molar-refractivity contribution >= 4 is 15.6 Å². The van der Waals surface area contributed by atoms with Crippen LogP contribution < -0.4 is 0 Å². The molecule has 15 heavy (non-hydrogen) atoms. The number of Topliss-reactive ketones (excluding diaryl/α,β-unsaturated/α-hetero) is 1. The highest BCUT2D eigenvalue weighted by atomic mass is 32.2. The van der Waals surface area contributed by atoms with E-state index in [-0.39, 0.29) is 0 Å². The molecule has 0 aliphatic carbocycles. The molecule has 1 heterocycles. The minimum absolute atomic E-state index is 0.297. The van der Waals surface area contributed by atoms with Crippen LogP contribution in [0.15, 0.2) is 12.3 Å². The van der Waals surface area contributed by atoms with Gasteiger partial charge in [-0.15, -0.1) is 0 Å². The molecule has 0 amide bonds. The van der Waals surface area contributed by atoms with Crippen molar-refractivity contribution in [2.45, 2.75) is 18.6 Å². The summed E-state index contributed by atoms with van der Waals surface area (Å²) in [5, 5.41) is 3.83. The van der Waals surface area contributed by atoms with Gasteiger partial charge < -0.3 is 0 Å². The lowest BCUT2D eigenvalue weighted by Crippen LogP contribution is -2.40. The molecule has 0 aliphatic rings. The van der Waals surface area contributed by atoms with Crippen LogP contribution in [0.5, 0.6) is 0 Å². The molecule has 84 valence electrons. The molecule has 0 fully saturated rings. The second-order valence-electron chi connectivity index (χ2n) is 3.95. The molecule has 0 unspecified atom stereocenters. The van der Waals surface area contributed by atoms with Crippen molar-refractivity contribution in [2.24, 2.45) is 7.05 Å². The molecule has 0 saturated carbocycles. The van der Waals surface area contributed by atoms with Gasteiger partial charge in [-0.3, -0.25) is 9.48 Å². The summed E-state index contributed by atoms with van der Waals surface area (Å²) in [4.78, 5) is 12.0. The third-order valence-electron chi connectivity index (χ3n) is 2.53. The Kier molecular flexibility index (Phi) is 2.73. The molecule has 0 aliphatic heterocycles. The molecular formula is C9H14N2O3S. The molecule has 6 heteroatoms. The van der Waals surface area contributed by atoms with Gasteiger partial charge >= 0.3 is 0 Å². The standard InChI is InChI=1S/C9H14N2O3S/c1-9(2,15(4,13)14)8(12)7-5-6-10-11(7)3/h5-6H,1-4H3. The summed E-state index contributed by atoms with van der Waals surface area (Å²) in [6.45, 7) is 2.80. The van der Waals surface area contributed by atoms with Gasteiger partial charge in [-0.2, -0.15) is 5.10 Å². The molecule has 0 bridgehead atoms. The summed E-state index contributed by atoms with van der Waals surface area (Å²) in [5.41, 5.74) is 0.297. The van der Waals surface area contributed by atoms with E-state index in [1.807, 2.05) is 0 Å². The number of carbonyl (C=O) groups excluding carboxylic acids is 1. The van der Waals surface area contributed by atoms with Gasteiger partial charge in [-0.1, -0.05) is 0 Å². The molecule has 0 N–H and O–H groups in total. The fraction of sp³-hybridized carbons (Fsp3) is 0.556. The zero-order chi connectivity index (χ0) is 11.9. The summed E-state index contributed by atoms with van der Waals surface area (Å²) in [6.07, 6.45) is 2.52. The van der Waals surface area contributed by atoms with Gasteiger partial charge in [0.25, 0.3) is 0 Å². The Morgan fingerprint density at radius 1 is 1.47 bits per heavy atom. The van der Waals surface area contributed by atoms with E-state index in [9.17, 15) is 13.2 Å². The van der Waals surface area contributed by atoms with Crippen molar-refractivity contribution < 1.29 is 13.2 Å². The summed E-state index contributed by atoms with van der Waals surface area (Å²) in [7, 11) is -1.83. The maximum atomic E-state index is 12.0. The predicted molar refractivity (Wildman–Crippen MR) is 56.5 cm³/mol. The lowest BCUT2D eigenvalue weighted by molar-refractivity contribution is 0.0944. The zero-order valence-electron chi connectivity index (χ0n) is 9.18. The van der Waals surface area contributed by atoms with E-state index in [0.29, 0.717) is 5.69 Å². The number of sulfone groups is 1. The van der Waals surface area contributed by atoms with Crippen molar-refractivity contribution in [1.82, 2.24) is 9.78 Å². The van der Waals surface area contributed by atoms with E-state index in [1.165, 1.54) is 30.8 Å². The van der Waals surface area contributed by atoms with E-state index >= 15 is 0 Å². The van der Waals surface area contributed by atoms with E-state index in [4.69, 9.17) is 0 Å². The average Bonchev–Trinajstić information content (AvgIpc) is 2.48. The van der Waals surface area contributed by atoms with Crippen LogP contribution in [0, 0.1) is 0 Å². The quantitative estimate of drug-likeness (QED) is 0.706. The summed E-state index contributed by atoms with van der Waals surface area (Å²) in [6, 6.07) is 1.51. The zero-order valence-corrected chi connectivity index (χ0v) is 10.00. The Morgan fingerprint density at radius 2 is 2.00 bits per heavy atom. The van der Waals surface area contributed by atoms with Crippen molar-refractivity contribution in [2.75, 3.05) is 6.26 Å². The summed E-state index contributed by atoms with van der Waals surface area (Å²) < 4.78 is 22.9. The van der Waals surface area contributed by atoms with Crippen LogP contribution in [0.1, 0.15) is 24.3 Å². The van der Waals surface area contributed by atoms with E-state index in [1.54, 1.807) is 7.05 Å². The fourth-order valence-electron chi connectivity index (χ4n) is 1.07. The summed E-state index contributed by atoms with van der Waals surface area (Å²) >= 11 is 0. The first-order chi connectivity index (χ1) is 6.68. The minimum atomic E-state index is -3.44. The maximum Gasteiger partial charge on any atom is 0.201 e. The van der Waals surface area contributed by atoms with Gasteiger partial charge in [0.2, 0.25) is 5.78 Å². The Balaban J connectivity index is 3.23. The largest absolute Gasteiger partial charge is 0.291 e. The smallest absolute Gasteiger partial charge is 0.201 e. The Hall–Kier alpha value is -1.17. The third-order valence-corrected chi connectivity index (χ3v) is 4.57. The van der Waals surface area contributed by atoms with Gasteiger partial charge in [-0.05, 0) is 19.9 Å². The molecule has 0 radical (unpaired) electrons. The highest BCUT2D eigenvalue weighted by molar-refractivity contribution is 7.92. The highest BCUT2D eigenvalue weighted by Gasteiger charge is 2.39. The number of carbonyl (C=O) groups is 1. The Labute approximate surface area is 89.0 Å². The second-order valence-corrected chi connectivity index (χ2v) is 6.52. The van der Waals surface area contributed by atoms with Crippen molar-refractivity contribution in [3.05, 3.63) is 18.0 Å². The molecule has 0 atom stereocenters. The molecule has 5 nitrogen and oxygen atoms in total. The molecule has 1 aromatic heterocycles. The number of rotatable bonds is 3. The van der Waals surface area contributed by atoms with Crippen molar-refractivity contribution in [3.8, 4) is 0 Å². The van der Waals surface area contributed by atoms with Crippen LogP contribution in [0.3, 0.4) is 0 Å². The normalized spacial score (nSPS) is 12.8. The molecular weight excluding hydrogens is 216 g/mol. The van der Waals surface area contributed by atoms with Crippen LogP contribution >= 0.6 is 0 Å². The summed E-state index contributed by atoms with van der Waals surface area (Å²) in [5.74, 6) is -0.440. The molecule has 1 aromatic rings. The third kappa shape index (κ3) is 1.94. The monoisotopic (exact) mass is 230 g/mol. The number of hydrogen-bond donors (Lipinski definition) is 0. The van der Waals surface area contributed by atoms with Gasteiger partial charge in [0.1, 0.15) is 10.4 Å². The van der Waals surface area contributed by atoms with Gasteiger partial charge in [0.05, 0.1) is 0 Å². The topological polar surface area (TPSA) is 69.0 Å². The first kappa shape index (κ1) is 11.9. The van der Waals surface area contributed by atoms with E-state index in [0.717, 1.165) is 6.26 Å². The van der Waals surface area contributed by atoms with Crippen LogP contribution in [0.2, 0.25) is 0 Å². The van der Waals surface area contributed by atoms with E-state index < -0.39 is 20.4 Å². The van der Waals surface area contributed by atoms with Crippen LogP contribution in [-0.2, 0) is 16.9 Å². The van der Waals surface area contributed by atoms with Crippen LogP contribution in [0.4, 0.5) is 0 Å². The predicted octanol–water partition coefficient (Wildman–Crippen LogP) is 0.426. The van der Waals surface area contributed by atoms with Crippen LogP contribution in [-0.4, -0.2) is 35.0 Å². The first-order valence-electron chi connectivity index (χ1n) is 4.40. The van der Waals surface area contributed by atoms with Gasteiger partial charge in [0, 0.05) is 19.5 Å². The second kappa shape index (κ2) is 3.44. The lowest BCUT2D eigenvalue weighted by Gasteiger charge is -2.20. The number of hydrogen-bond acceptors (Lipinski definition) is 4. The van der Waals surface area contributed by atoms with Crippen molar-refractivity contribution in [1.29, 1.82) is 0 Å².